The summed E-state index contributed by atoms with van der Waals surface area (Å²) in [5.74, 6) is 0.293. The third-order valence-electron chi connectivity index (χ3n) is 6.57. The highest BCUT2D eigenvalue weighted by atomic mass is 32.2. The van der Waals surface area contributed by atoms with Crippen molar-refractivity contribution in [2.45, 2.75) is 24.7 Å². The summed E-state index contributed by atoms with van der Waals surface area (Å²) in [6.07, 6.45) is 2.34. The van der Waals surface area contributed by atoms with E-state index in [1.54, 1.807) is 30.3 Å². The van der Waals surface area contributed by atoms with Crippen molar-refractivity contribution in [1.82, 2.24) is 24.8 Å². The number of halogens is 1. The van der Waals surface area contributed by atoms with Gasteiger partial charge in [0.25, 0.3) is 0 Å². The predicted octanol–water partition coefficient (Wildman–Crippen LogP) is 4.27. The fourth-order valence-electron chi connectivity index (χ4n) is 4.64. The maximum absolute atomic E-state index is 14.6. The highest BCUT2D eigenvalue weighted by molar-refractivity contribution is 7.89. The van der Waals surface area contributed by atoms with Gasteiger partial charge in [-0.1, -0.05) is 6.07 Å². The smallest absolute Gasteiger partial charge is 0.247 e. The van der Waals surface area contributed by atoms with E-state index in [9.17, 15) is 12.8 Å². The van der Waals surface area contributed by atoms with Crippen molar-refractivity contribution in [3.05, 3.63) is 66.0 Å². The largest absolute Gasteiger partial charge is 0.496 e. The maximum atomic E-state index is 14.6. The Bertz CT molecular complexity index is 1560. The Morgan fingerprint density at radius 3 is 2.55 bits per heavy atom. The third-order valence-corrected chi connectivity index (χ3v) is 8.05. The van der Waals surface area contributed by atoms with Gasteiger partial charge in [0.15, 0.2) is 0 Å². The summed E-state index contributed by atoms with van der Waals surface area (Å²) < 4.78 is 47.9. The molecule has 0 amide bonds. The molecule has 2 heterocycles. The van der Waals surface area contributed by atoms with Crippen molar-refractivity contribution < 1.29 is 17.5 Å². The molecular weight excluding hydrogens is 507 g/mol. The van der Waals surface area contributed by atoms with E-state index in [1.165, 1.54) is 38.2 Å². The Morgan fingerprint density at radius 1 is 1.05 bits per heavy atom. The molecule has 2 N–H and O–H groups in total. The lowest BCUT2D eigenvalue weighted by Gasteiger charge is -2.15. The van der Waals surface area contributed by atoms with E-state index >= 15 is 0 Å². The van der Waals surface area contributed by atoms with Crippen LogP contribution in [0.5, 0.6) is 5.75 Å². The van der Waals surface area contributed by atoms with Crippen LogP contribution in [0.2, 0.25) is 0 Å². The summed E-state index contributed by atoms with van der Waals surface area (Å²) >= 11 is 0. The Hall–Kier alpha value is -3.67. The van der Waals surface area contributed by atoms with Crippen LogP contribution in [0.3, 0.4) is 0 Å². The van der Waals surface area contributed by atoms with Crippen molar-refractivity contribution in [3.63, 3.8) is 0 Å². The Balaban J connectivity index is 1.31. The minimum Gasteiger partial charge on any atom is -0.496 e. The summed E-state index contributed by atoms with van der Waals surface area (Å²) in [5, 5.41) is 11.5. The second-order valence-corrected chi connectivity index (χ2v) is 11.0. The lowest BCUT2D eigenvalue weighted by Crippen LogP contribution is -2.33. The molecule has 1 aliphatic rings. The second-order valence-electron chi connectivity index (χ2n) is 9.21. The third kappa shape index (κ3) is 5.59. The zero-order chi connectivity index (χ0) is 26.7. The number of nitrogens with zero attached hydrogens (tertiary/aromatic N) is 4. The number of hydrogen-bond donors (Lipinski definition) is 2. The number of aryl methyl sites for hydroxylation is 1. The number of nitrogens with one attached hydrogen (secondary N) is 2. The summed E-state index contributed by atoms with van der Waals surface area (Å²) in [4.78, 5) is 7.02. The standard InChI is InChI=1S/C27H29FN6O3S/c1-18-16-19(25-22(28)6-5-7-24(25)37-2)17-23-26(18)31-27(33-32-23)30-20-8-10-21(11-9-20)38(35,36)29-12-15-34-13-3-4-14-34/h5-11,16-17,29H,3-4,12-15H2,1-2H3,(H,30,31,33). The maximum Gasteiger partial charge on any atom is 0.247 e. The average molecular weight is 537 g/mol. The molecule has 0 bridgehead atoms. The van der Waals surface area contributed by atoms with Crippen molar-refractivity contribution in [2.75, 3.05) is 38.6 Å². The first-order chi connectivity index (χ1) is 18.3. The van der Waals surface area contributed by atoms with Crippen molar-refractivity contribution in [3.8, 4) is 16.9 Å². The van der Waals surface area contributed by atoms with Crippen molar-refractivity contribution >= 4 is 32.7 Å². The first-order valence-corrected chi connectivity index (χ1v) is 13.9. The molecule has 1 aliphatic heterocycles. The first kappa shape index (κ1) is 26.0. The molecule has 9 nitrogen and oxygen atoms in total. The topological polar surface area (TPSA) is 109 Å². The Morgan fingerprint density at radius 2 is 1.82 bits per heavy atom. The summed E-state index contributed by atoms with van der Waals surface area (Å²) in [7, 11) is -2.10. The van der Waals surface area contributed by atoms with Gasteiger partial charge in [-0.2, -0.15) is 0 Å². The van der Waals surface area contributed by atoms with E-state index in [4.69, 9.17) is 4.74 Å². The number of hydrogen-bond acceptors (Lipinski definition) is 8. The van der Waals surface area contributed by atoms with Crippen LogP contribution in [-0.2, 0) is 10.0 Å². The molecule has 1 fully saturated rings. The fourth-order valence-corrected chi connectivity index (χ4v) is 5.66. The molecule has 198 valence electrons. The summed E-state index contributed by atoms with van der Waals surface area (Å²) in [6.45, 7) is 5.00. The highest BCUT2D eigenvalue weighted by Gasteiger charge is 2.17. The Labute approximate surface area is 221 Å². The first-order valence-electron chi connectivity index (χ1n) is 12.4. The van der Waals surface area contributed by atoms with Gasteiger partial charge in [-0.15, -0.1) is 10.2 Å². The number of methoxy groups -OCH3 is 1. The minimum absolute atomic E-state index is 0.189. The normalized spacial score (nSPS) is 14.2. The zero-order valence-corrected chi connectivity index (χ0v) is 22.1. The molecule has 0 saturated carbocycles. The molecule has 1 aromatic heterocycles. The van der Waals surface area contributed by atoms with Gasteiger partial charge in [-0.25, -0.2) is 22.5 Å². The average Bonchev–Trinajstić information content (AvgIpc) is 3.42. The SMILES string of the molecule is COc1cccc(F)c1-c1cc(C)c2nc(Nc3ccc(S(=O)(=O)NCCN4CCCC4)cc3)nnc2c1. The molecule has 0 atom stereocenters. The molecule has 0 spiro atoms. The molecule has 38 heavy (non-hydrogen) atoms. The molecule has 1 saturated heterocycles. The van der Waals surface area contributed by atoms with Gasteiger partial charge in [-0.05, 0) is 92.5 Å². The van der Waals surface area contributed by atoms with Gasteiger partial charge in [0.05, 0.1) is 23.1 Å². The van der Waals surface area contributed by atoms with Crippen LogP contribution in [0.25, 0.3) is 22.2 Å². The summed E-state index contributed by atoms with van der Waals surface area (Å²) in [5.41, 5.74) is 3.51. The number of sulfonamides is 1. The zero-order valence-electron chi connectivity index (χ0n) is 21.2. The lowest BCUT2D eigenvalue weighted by molar-refractivity contribution is 0.344. The molecule has 11 heteroatoms. The van der Waals surface area contributed by atoms with Crippen LogP contribution in [0.4, 0.5) is 16.0 Å². The number of anilines is 2. The van der Waals surface area contributed by atoms with E-state index < -0.39 is 15.8 Å². The molecule has 0 radical (unpaired) electrons. The number of rotatable bonds is 9. The Kier molecular flexibility index (Phi) is 7.50. The predicted molar refractivity (Wildman–Crippen MR) is 145 cm³/mol. The van der Waals surface area contributed by atoms with Crippen molar-refractivity contribution in [1.29, 1.82) is 0 Å². The van der Waals surface area contributed by atoms with E-state index in [-0.39, 0.29) is 10.8 Å². The number of benzene rings is 3. The van der Waals surface area contributed by atoms with Crippen LogP contribution < -0.4 is 14.8 Å². The van der Waals surface area contributed by atoms with Gasteiger partial charge in [0.1, 0.15) is 17.1 Å². The molecule has 5 rings (SSSR count). The van der Waals surface area contributed by atoms with Crippen molar-refractivity contribution in [2.24, 2.45) is 0 Å². The quantitative estimate of drug-likeness (QED) is 0.327. The lowest BCUT2D eigenvalue weighted by atomic mass is 10.0. The van der Waals surface area contributed by atoms with Gasteiger partial charge < -0.3 is 15.0 Å². The van der Waals surface area contributed by atoms with E-state index in [0.29, 0.717) is 46.7 Å². The molecule has 4 aromatic rings. The number of ether oxygens (including phenoxy) is 1. The van der Waals surface area contributed by atoms with Crippen LogP contribution in [0.15, 0.2) is 59.5 Å². The van der Waals surface area contributed by atoms with Gasteiger partial charge in [0, 0.05) is 18.8 Å². The van der Waals surface area contributed by atoms with Gasteiger partial charge >= 0.3 is 0 Å². The molecule has 3 aromatic carbocycles. The molecule has 0 aliphatic carbocycles. The van der Waals surface area contributed by atoms with Gasteiger partial charge in [-0.3, -0.25) is 0 Å². The molecule has 0 unspecified atom stereocenters. The van der Waals surface area contributed by atoms with E-state index in [0.717, 1.165) is 18.7 Å². The van der Waals surface area contributed by atoms with Gasteiger partial charge in [0.2, 0.25) is 16.0 Å². The monoisotopic (exact) mass is 536 g/mol. The van der Waals surface area contributed by atoms with Crippen LogP contribution in [0.1, 0.15) is 18.4 Å². The number of aromatic nitrogens is 3. The second kappa shape index (κ2) is 11.0. The minimum atomic E-state index is -3.59. The van der Waals surface area contributed by atoms with Crippen LogP contribution in [-0.4, -0.2) is 61.8 Å². The number of likely N-dealkylation sites (tertiary alicyclic amines) is 1. The van der Waals surface area contributed by atoms with Crippen LogP contribution >= 0.6 is 0 Å². The summed E-state index contributed by atoms with van der Waals surface area (Å²) in [6, 6.07) is 14.6. The highest BCUT2D eigenvalue weighted by Crippen LogP contribution is 2.35. The van der Waals surface area contributed by atoms with Crippen LogP contribution in [0, 0.1) is 12.7 Å². The fraction of sp³-hybridized carbons (Fsp3) is 0.296. The van der Waals surface area contributed by atoms with E-state index in [1.807, 2.05) is 13.0 Å². The van der Waals surface area contributed by atoms with E-state index in [2.05, 4.69) is 30.1 Å². The number of fused-ring (bicyclic) bond motifs is 1. The molecular formula is C27H29FN6O3S.